The molecule has 18 heavy (non-hydrogen) atoms. The van der Waals surface area contributed by atoms with Crippen LogP contribution < -0.4 is 5.32 Å². The van der Waals surface area contributed by atoms with Crippen LogP contribution in [0.25, 0.3) is 0 Å². The Hall–Kier alpha value is -0.860. The number of benzene rings is 1. The van der Waals surface area contributed by atoms with Crippen LogP contribution in [0, 0.1) is 0 Å². The molecule has 1 N–H and O–H groups in total. The Morgan fingerprint density at radius 1 is 1.33 bits per heavy atom. The minimum Gasteiger partial charge on any atom is -0.316 e. The number of likely N-dealkylation sites (tertiary alicyclic amines) is 1. The maximum Gasteiger partial charge on any atom is 0.0192 e. The largest absolute Gasteiger partial charge is 0.316 e. The minimum absolute atomic E-state index is 0.668. The molecule has 1 saturated heterocycles. The van der Waals surface area contributed by atoms with Crippen molar-refractivity contribution in [1.29, 1.82) is 0 Å². The second-order valence-electron chi connectivity index (χ2n) is 5.53. The van der Waals surface area contributed by atoms with Crippen molar-refractivity contribution >= 4 is 0 Å². The van der Waals surface area contributed by atoms with Gasteiger partial charge in [0, 0.05) is 12.6 Å². The van der Waals surface area contributed by atoms with Crippen molar-refractivity contribution in [1.82, 2.24) is 10.2 Å². The van der Waals surface area contributed by atoms with Crippen molar-refractivity contribution < 1.29 is 0 Å². The highest BCUT2D eigenvalue weighted by Gasteiger charge is 2.18. The predicted octanol–water partition coefficient (Wildman–Crippen LogP) is 2.86. The molecule has 1 fully saturated rings. The monoisotopic (exact) mass is 246 g/mol. The average molecular weight is 246 g/mol. The van der Waals surface area contributed by atoms with Crippen LogP contribution in [-0.2, 0) is 0 Å². The zero-order valence-corrected chi connectivity index (χ0v) is 11.7. The van der Waals surface area contributed by atoms with Gasteiger partial charge in [-0.05, 0) is 50.9 Å². The molecule has 2 unspecified atom stereocenters. The summed E-state index contributed by atoms with van der Waals surface area (Å²) in [6.07, 6.45) is 3.94. The average Bonchev–Trinajstić information content (AvgIpc) is 2.46. The first-order valence-electron chi connectivity index (χ1n) is 7.24. The van der Waals surface area contributed by atoms with Gasteiger partial charge in [-0.15, -0.1) is 0 Å². The summed E-state index contributed by atoms with van der Waals surface area (Å²) < 4.78 is 0. The molecule has 0 bridgehead atoms. The van der Waals surface area contributed by atoms with Gasteiger partial charge in [-0.3, -0.25) is 0 Å². The second-order valence-corrected chi connectivity index (χ2v) is 5.53. The van der Waals surface area contributed by atoms with Gasteiger partial charge in [0.25, 0.3) is 0 Å². The van der Waals surface area contributed by atoms with Crippen LogP contribution in [0.2, 0.25) is 0 Å². The molecule has 2 rings (SSSR count). The van der Waals surface area contributed by atoms with Crippen molar-refractivity contribution in [3.8, 4) is 0 Å². The quantitative estimate of drug-likeness (QED) is 0.859. The first-order chi connectivity index (χ1) is 8.79. The summed E-state index contributed by atoms with van der Waals surface area (Å²) in [4.78, 5) is 2.62. The number of nitrogens with zero attached hydrogens (tertiary/aromatic N) is 1. The molecule has 0 radical (unpaired) electrons. The highest BCUT2D eigenvalue weighted by atomic mass is 15.2. The molecule has 0 aromatic heterocycles. The number of likely N-dealkylation sites (N-methyl/N-ethyl adjacent to an activating group) is 1. The van der Waals surface area contributed by atoms with E-state index in [1.165, 1.54) is 44.5 Å². The predicted molar refractivity (Wildman–Crippen MR) is 78.0 cm³/mol. The Balaban J connectivity index is 1.77. The van der Waals surface area contributed by atoms with Crippen LogP contribution in [-0.4, -0.2) is 37.6 Å². The molecule has 1 aromatic rings. The SMILES string of the molecule is CNC1CCCN(CCC(C)c2ccccc2)C1. The Morgan fingerprint density at radius 2 is 2.11 bits per heavy atom. The lowest BCUT2D eigenvalue weighted by atomic mass is 9.97. The van der Waals surface area contributed by atoms with E-state index in [-0.39, 0.29) is 0 Å². The van der Waals surface area contributed by atoms with E-state index >= 15 is 0 Å². The number of nitrogens with one attached hydrogen (secondary N) is 1. The molecule has 0 spiro atoms. The molecule has 2 atom stereocenters. The van der Waals surface area contributed by atoms with Gasteiger partial charge in [-0.25, -0.2) is 0 Å². The summed E-state index contributed by atoms with van der Waals surface area (Å²) in [6, 6.07) is 11.6. The van der Waals surface area contributed by atoms with E-state index in [2.05, 4.69) is 54.5 Å². The first kappa shape index (κ1) is 13.6. The lowest BCUT2D eigenvalue weighted by Crippen LogP contribution is -2.44. The van der Waals surface area contributed by atoms with Gasteiger partial charge in [0.05, 0.1) is 0 Å². The Bertz CT molecular complexity index is 336. The van der Waals surface area contributed by atoms with E-state index in [0.29, 0.717) is 12.0 Å². The minimum atomic E-state index is 0.668. The smallest absolute Gasteiger partial charge is 0.0192 e. The second kappa shape index (κ2) is 6.91. The van der Waals surface area contributed by atoms with Crippen LogP contribution in [0.4, 0.5) is 0 Å². The zero-order chi connectivity index (χ0) is 12.8. The highest BCUT2D eigenvalue weighted by Crippen LogP contribution is 2.20. The third-order valence-electron chi connectivity index (χ3n) is 4.16. The molecule has 1 aromatic carbocycles. The van der Waals surface area contributed by atoms with Crippen molar-refractivity contribution in [2.24, 2.45) is 0 Å². The summed E-state index contributed by atoms with van der Waals surface area (Å²) >= 11 is 0. The summed E-state index contributed by atoms with van der Waals surface area (Å²) in [5, 5.41) is 3.41. The van der Waals surface area contributed by atoms with Gasteiger partial charge in [0.2, 0.25) is 0 Å². The lowest BCUT2D eigenvalue weighted by molar-refractivity contribution is 0.190. The van der Waals surface area contributed by atoms with Crippen molar-refractivity contribution in [3.63, 3.8) is 0 Å². The summed E-state index contributed by atoms with van der Waals surface area (Å²) in [7, 11) is 2.08. The molecule has 0 aliphatic carbocycles. The van der Waals surface area contributed by atoms with Crippen molar-refractivity contribution in [3.05, 3.63) is 35.9 Å². The highest BCUT2D eigenvalue weighted by molar-refractivity contribution is 5.18. The van der Waals surface area contributed by atoms with Gasteiger partial charge < -0.3 is 10.2 Å². The fraction of sp³-hybridized carbons (Fsp3) is 0.625. The van der Waals surface area contributed by atoms with Gasteiger partial charge in [-0.2, -0.15) is 0 Å². The lowest BCUT2D eigenvalue weighted by Gasteiger charge is -2.33. The fourth-order valence-corrected chi connectivity index (χ4v) is 2.82. The zero-order valence-electron chi connectivity index (χ0n) is 11.7. The van der Waals surface area contributed by atoms with Gasteiger partial charge in [0.15, 0.2) is 0 Å². The van der Waals surface area contributed by atoms with Gasteiger partial charge >= 0.3 is 0 Å². The van der Waals surface area contributed by atoms with Crippen LogP contribution in [0.5, 0.6) is 0 Å². The summed E-state index contributed by atoms with van der Waals surface area (Å²) in [6.45, 7) is 6.07. The molecule has 1 heterocycles. The van der Waals surface area contributed by atoms with Gasteiger partial charge in [0.1, 0.15) is 0 Å². The maximum atomic E-state index is 3.41. The Morgan fingerprint density at radius 3 is 2.83 bits per heavy atom. The molecule has 0 saturated carbocycles. The molecule has 1 aliphatic heterocycles. The molecular weight excluding hydrogens is 220 g/mol. The van der Waals surface area contributed by atoms with E-state index < -0.39 is 0 Å². The third-order valence-corrected chi connectivity index (χ3v) is 4.16. The van der Waals surface area contributed by atoms with Crippen molar-refractivity contribution in [2.75, 3.05) is 26.7 Å². The van der Waals surface area contributed by atoms with E-state index in [0.717, 1.165) is 0 Å². The van der Waals surface area contributed by atoms with Crippen molar-refractivity contribution in [2.45, 2.75) is 38.1 Å². The number of rotatable bonds is 5. The van der Waals surface area contributed by atoms with E-state index in [1.807, 2.05) is 0 Å². The van der Waals surface area contributed by atoms with Gasteiger partial charge in [-0.1, -0.05) is 37.3 Å². The standard InChI is InChI=1S/C16H26N2/c1-14(15-7-4-3-5-8-15)10-12-18-11-6-9-16(13-18)17-2/h3-5,7-8,14,16-17H,6,9-13H2,1-2H3. The molecule has 2 nitrogen and oxygen atoms in total. The topological polar surface area (TPSA) is 15.3 Å². The number of hydrogen-bond donors (Lipinski definition) is 1. The van der Waals surface area contributed by atoms with Crippen LogP contribution in [0.1, 0.15) is 37.7 Å². The van der Waals surface area contributed by atoms with E-state index in [9.17, 15) is 0 Å². The number of piperidine rings is 1. The molecule has 0 amide bonds. The van der Waals surface area contributed by atoms with Crippen LogP contribution in [0.3, 0.4) is 0 Å². The van der Waals surface area contributed by atoms with Crippen LogP contribution >= 0.6 is 0 Å². The van der Waals surface area contributed by atoms with Crippen LogP contribution in [0.15, 0.2) is 30.3 Å². The summed E-state index contributed by atoms with van der Waals surface area (Å²) in [5.74, 6) is 0.668. The molecular formula is C16H26N2. The van der Waals surface area contributed by atoms with E-state index in [4.69, 9.17) is 0 Å². The summed E-state index contributed by atoms with van der Waals surface area (Å²) in [5.41, 5.74) is 1.47. The fourth-order valence-electron chi connectivity index (χ4n) is 2.82. The number of hydrogen-bond acceptors (Lipinski definition) is 2. The maximum absolute atomic E-state index is 3.41. The normalized spacial score (nSPS) is 22.9. The third kappa shape index (κ3) is 3.82. The van der Waals surface area contributed by atoms with E-state index in [1.54, 1.807) is 0 Å². The molecule has 1 aliphatic rings. The molecule has 100 valence electrons. The molecule has 2 heteroatoms. The Labute approximate surface area is 111 Å². The first-order valence-corrected chi connectivity index (χ1v) is 7.24. The Kier molecular flexibility index (Phi) is 5.21.